The Kier molecular flexibility index (Phi) is 4.82. The zero-order valence-corrected chi connectivity index (χ0v) is 13.6. The van der Waals surface area contributed by atoms with Gasteiger partial charge in [-0.05, 0) is 18.2 Å². The van der Waals surface area contributed by atoms with Gasteiger partial charge in [0.15, 0.2) is 5.78 Å². The average Bonchev–Trinajstić information content (AvgIpc) is 2.99. The standard InChI is InChI=1S/C17H21N3O4/c1-24-12-2-3-15-13(8-12)14(9-18-15)16(21)10-19-4-6-20(7-5-19)11-17(22)23/h2-3,8-9,18H,4-7,10-11H2,1H3,(H,22,23). The quantitative estimate of drug-likeness (QED) is 0.770. The first-order valence-corrected chi connectivity index (χ1v) is 7.91. The van der Waals surface area contributed by atoms with Crippen LogP contribution in [0.2, 0.25) is 0 Å². The minimum atomic E-state index is -0.813. The van der Waals surface area contributed by atoms with Crippen molar-refractivity contribution >= 4 is 22.7 Å². The van der Waals surface area contributed by atoms with Crippen LogP contribution in [0.5, 0.6) is 5.75 Å². The van der Waals surface area contributed by atoms with E-state index in [4.69, 9.17) is 9.84 Å². The highest BCUT2D eigenvalue weighted by molar-refractivity contribution is 6.09. The molecule has 1 aromatic carbocycles. The summed E-state index contributed by atoms with van der Waals surface area (Å²) in [5.41, 5.74) is 1.57. The Labute approximate surface area is 139 Å². The molecule has 1 aliphatic heterocycles. The minimum Gasteiger partial charge on any atom is -0.497 e. The summed E-state index contributed by atoms with van der Waals surface area (Å²) in [5, 5.41) is 9.69. The summed E-state index contributed by atoms with van der Waals surface area (Å²) in [6.07, 6.45) is 1.74. The summed E-state index contributed by atoms with van der Waals surface area (Å²) in [4.78, 5) is 30.4. The number of Topliss-reactive ketones (excluding diaryl/α,β-unsaturated/α-hetero) is 1. The van der Waals surface area contributed by atoms with Crippen LogP contribution in [0.15, 0.2) is 24.4 Å². The van der Waals surface area contributed by atoms with Crippen LogP contribution >= 0.6 is 0 Å². The number of hydrogen-bond acceptors (Lipinski definition) is 5. The molecule has 1 fully saturated rings. The molecule has 0 aliphatic carbocycles. The van der Waals surface area contributed by atoms with E-state index in [1.54, 1.807) is 13.3 Å². The van der Waals surface area contributed by atoms with Crippen LogP contribution in [-0.2, 0) is 4.79 Å². The van der Waals surface area contributed by atoms with Crippen LogP contribution in [0.3, 0.4) is 0 Å². The van der Waals surface area contributed by atoms with Gasteiger partial charge >= 0.3 is 5.97 Å². The molecule has 0 unspecified atom stereocenters. The monoisotopic (exact) mass is 331 g/mol. The summed E-state index contributed by atoms with van der Waals surface area (Å²) in [6, 6.07) is 5.62. The third-order valence-corrected chi connectivity index (χ3v) is 4.38. The summed E-state index contributed by atoms with van der Waals surface area (Å²) in [7, 11) is 1.60. The first-order valence-electron chi connectivity index (χ1n) is 7.91. The smallest absolute Gasteiger partial charge is 0.317 e. The van der Waals surface area contributed by atoms with Gasteiger partial charge in [-0.3, -0.25) is 19.4 Å². The number of carboxylic acid groups (broad SMARTS) is 1. The highest BCUT2D eigenvalue weighted by atomic mass is 16.5. The molecule has 0 spiro atoms. The number of aromatic amines is 1. The van der Waals surface area contributed by atoms with E-state index in [-0.39, 0.29) is 12.3 Å². The van der Waals surface area contributed by atoms with Crippen LogP contribution in [0.4, 0.5) is 0 Å². The number of benzene rings is 1. The predicted octanol–water partition coefficient (Wildman–Crippen LogP) is 1.06. The number of fused-ring (bicyclic) bond motifs is 1. The van der Waals surface area contributed by atoms with Crippen molar-refractivity contribution < 1.29 is 19.4 Å². The Balaban J connectivity index is 1.65. The maximum absolute atomic E-state index is 12.6. The predicted molar refractivity (Wildman–Crippen MR) is 89.7 cm³/mol. The fraction of sp³-hybridized carbons (Fsp3) is 0.412. The number of rotatable bonds is 6. The van der Waals surface area contributed by atoms with Gasteiger partial charge in [0, 0.05) is 48.8 Å². The lowest BCUT2D eigenvalue weighted by molar-refractivity contribution is -0.138. The molecule has 2 heterocycles. The molecule has 0 bridgehead atoms. The number of ether oxygens (including phenoxy) is 1. The van der Waals surface area contributed by atoms with E-state index in [0.717, 1.165) is 16.7 Å². The lowest BCUT2D eigenvalue weighted by Gasteiger charge is -2.33. The number of carbonyl (C=O) groups is 2. The Morgan fingerprint density at radius 2 is 1.83 bits per heavy atom. The van der Waals surface area contributed by atoms with Crippen LogP contribution in [0.25, 0.3) is 10.9 Å². The number of hydrogen-bond donors (Lipinski definition) is 2. The molecule has 1 aromatic heterocycles. The Bertz CT molecular complexity index is 747. The second kappa shape index (κ2) is 7.02. The second-order valence-electron chi connectivity index (χ2n) is 5.98. The first-order chi connectivity index (χ1) is 11.6. The average molecular weight is 331 g/mol. The van der Waals surface area contributed by atoms with Crippen molar-refractivity contribution in [2.75, 3.05) is 46.4 Å². The van der Waals surface area contributed by atoms with Crippen molar-refractivity contribution in [3.8, 4) is 5.75 Å². The Morgan fingerprint density at radius 1 is 1.17 bits per heavy atom. The number of carboxylic acids is 1. The van der Waals surface area contributed by atoms with Gasteiger partial charge in [0.2, 0.25) is 0 Å². The molecule has 128 valence electrons. The number of H-pyrrole nitrogens is 1. The largest absolute Gasteiger partial charge is 0.497 e. The molecule has 7 heteroatoms. The number of methoxy groups -OCH3 is 1. The number of ketones is 1. The molecule has 1 aliphatic rings. The fourth-order valence-corrected chi connectivity index (χ4v) is 3.04. The van der Waals surface area contributed by atoms with Gasteiger partial charge in [0.25, 0.3) is 0 Å². The van der Waals surface area contributed by atoms with Crippen molar-refractivity contribution in [1.82, 2.24) is 14.8 Å². The number of nitrogens with one attached hydrogen (secondary N) is 1. The van der Waals surface area contributed by atoms with Gasteiger partial charge in [-0.15, -0.1) is 0 Å². The molecule has 2 N–H and O–H groups in total. The number of piperazine rings is 1. The van der Waals surface area contributed by atoms with Gasteiger partial charge in [-0.25, -0.2) is 0 Å². The highest BCUT2D eigenvalue weighted by Gasteiger charge is 2.22. The summed E-state index contributed by atoms with van der Waals surface area (Å²) in [5.74, 6) is -0.0353. The summed E-state index contributed by atoms with van der Waals surface area (Å²) in [6.45, 7) is 3.13. The minimum absolute atomic E-state index is 0.0567. The van der Waals surface area contributed by atoms with Gasteiger partial charge in [-0.2, -0.15) is 0 Å². The molecule has 0 saturated carbocycles. The molecule has 0 atom stereocenters. The van der Waals surface area contributed by atoms with E-state index >= 15 is 0 Å². The maximum Gasteiger partial charge on any atom is 0.317 e. The lowest BCUT2D eigenvalue weighted by atomic mass is 10.1. The normalized spacial score (nSPS) is 16.4. The number of nitrogens with zero attached hydrogens (tertiary/aromatic N) is 2. The van der Waals surface area contributed by atoms with Crippen molar-refractivity contribution in [2.24, 2.45) is 0 Å². The van der Waals surface area contributed by atoms with Gasteiger partial charge in [0.1, 0.15) is 5.75 Å². The molecule has 1 saturated heterocycles. The van der Waals surface area contributed by atoms with E-state index < -0.39 is 5.97 Å². The summed E-state index contributed by atoms with van der Waals surface area (Å²) >= 11 is 0. The molecular formula is C17H21N3O4. The highest BCUT2D eigenvalue weighted by Crippen LogP contribution is 2.24. The molecule has 0 radical (unpaired) electrons. The molecule has 2 aromatic rings. The second-order valence-corrected chi connectivity index (χ2v) is 5.98. The third kappa shape index (κ3) is 3.58. The van der Waals surface area contributed by atoms with Crippen molar-refractivity contribution in [1.29, 1.82) is 0 Å². The molecule has 0 amide bonds. The van der Waals surface area contributed by atoms with E-state index in [9.17, 15) is 9.59 Å². The third-order valence-electron chi connectivity index (χ3n) is 4.38. The zero-order valence-electron chi connectivity index (χ0n) is 13.6. The van der Waals surface area contributed by atoms with Gasteiger partial charge < -0.3 is 14.8 Å². The van der Waals surface area contributed by atoms with Crippen LogP contribution in [0, 0.1) is 0 Å². The van der Waals surface area contributed by atoms with Gasteiger partial charge in [0.05, 0.1) is 20.2 Å². The molecular weight excluding hydrogens is 310 g/mol. The Hall–Kier alpha value is -2.38. The van der Waals surface area contributed by atoms with Crippen molar-refractivity contribution in [2.45, 2.75) is 0 Å². The number of aromatic nitrogens is 1. The van der Waals surface area contributed by atoms with E-state index in [1.165, 1.54) is 0 Å². The maximum atomic E-state index is 12.6. The number of aliphatic carboxylic acids is 1. The number of carbonyl (C=O) groups excluding carboxylic acids is 1. The Morgan fingerprint density at radius 3 is 2.46 bits per heavy atom. The summed E-state index contributed by atoms with van der Waals surface area (Å²) < 4.78 is 5.23. The first kappa shape index (κ1) is 16.5. The van der Waals surface area contributed by atoms with Gasteiger partial charge in [-0.1, -0.05) is 0 Å². The van der Waals surface area contributed by atoms with Crippen molar-refractivity contribution in [3.63, 3.8) is 0 Å². The molecule has 24 heavy (non-hydrogen) atoms. The van der Waals surface area contributed by atoms with Crippen LogP contribution < -0.4 is 4.74 Å². The van der Waals surface area contributed by atoms with Crippen LogP contribution in [-0.4, -0.2) is 78.0 Å². The van der Waals surface area contributed by atoms with E-state index in [1.807, 2.05) is 23.1 Å². The lowest BCUT2D eigenvalue weighted by Crippen LogP contribution is -2.49. The van der Waals surface area contributed by atoms with E-state index in [0.29, 0.717) is 38.3 Å². The van der Waals surface area contributed by atoms with E-state index in [2.05, 4.69) is 9.88 Å². The molecule has 3 rings (SSSR count). The van der Waals surface area contributed by atoms with Crippen molar-refractivity contribution in [3.05, 3.63) is 30.0 Å². The zero-order chi connectivity index (χ0) is 17.1. The molecule has 7 nitrogen and oxygen atoms in total. The topological polar surface area (TPSA) is 85.9 Å². The van der Waals surface area contributed by atoms with Crippen LogP contribution in [0.1, 0.15) is 10.4 Å². The fourth-order valence-electron chi connectivity index (χ4n) is 3.04. The SMILES string of the molecule is COc1ccc2[nH]cc(C(=O)CN3CCN(CC(=O)O)CC3)c2c1.